The second-order valence-corrected chi connectivity index (χ2v) is 12.6. The lowest BCUT2D eigenvalue weighted by Crippen LogP contribution is -2.64. The van der Waals surface area contributed by atoms with Crippen LogP contribution in [0.5, 0.6) is 0 Å². The molecule has 2 aliphatic rings. The molecular weight excluding hydrogens is 594 g/mol. The molecule has 3 heterocycles. The number of amides is 2. The van der Waals surface area contributed by atoms with E-state index in [0.29, 0.717) is 12.0 Å². The van der Waals surface area contributed by atoms with Crippen LogP contribution in [0.15, 0.2) is 77.3 Å². The lowest BCUT2D eigenvalue weighted by Gasteiger charge is -2.37. The number of aliphatic hydroxyl groups is 4. The summed E-state index contributed by atoms with van der Waals surface area (Å²) in [6, 6.07) is 0. The molecule has 12 heteroatoms. The van der Waals surface area contributed by atoms with Crippen LogP contribution in [-0.4, -0.2) is 97.7 Å². The highest BCUT2D eigenvalue weighted by Crippen LogP contribution is 2.52. The number of esters is 1. The average molecular weight is 642 g/mol. The van der Waals surface area contributed by atoms with Gasteiger partial charge in [-0.1, -0.05) is 68.5 Å². The largest absolute Gasteiger partial charge is 0.457 e. The number of oxazole rings is 1. The number of fused-ring (bicyclic) bond motifs is 1. The average Bonchev–Trinajstić information content (AvgIpc) is 3.66. The Hall–Kier alpha value is -3.84. The number of ether oxygens (including phenoxy) is 1. The third kappa shape index (κ3) is 7.10. The Morgan fingerprint density at radius 1 is 1.17 bits per heavy atom. The van der Waals surface area contributed by atoms with E-state index in [1.165, 1.54) is 26.4 Å². The number of hydrogen-bond acceptors (Lipinski definition) is 10. The number of likely N-dealkylation sites (tertiary alicyclic amines) is 1. The van der Waals surface area contributed by atoms with E-state index in [9.17, 15) is 34.8 Å². The Morgan fingerprint density at radius 3 is 2.52 bits per heavy atom. The Morgan fingerprint density at radius 2 is 1.87 bits per heavy atom. The highest BCUT2D eigenvalue weighted by atomic mass is 16.6. The van der Waals surface area contributed by atoms with Crippen molar-refractivity contribution >= 4 is 17.8 Å². The molecule has 252 valence electrons. The second-order valence-electron chi connectivity index (χ2n) is 12.6. The normalized spacial score (nSPS) is 27.7. The van der Waals surface area contributed by atoms with Gasteiger partial charge in [-0.05, 0) is 38.7 Å². The molecule has 0 spiro atoms. The first kappa shape index (κ1) is 36.6. The standard InChI is InChI=1S/C34H47N3O9/c1-22(14-10-7-8-11-15-25-19-35-21-45-25)28(40)32(4,5)30(42)36-17-13-9-12-16-26(39)23(2)18-27-34(44)24(3)29(41)37(6)33(34,20-38)31(43)46-27/h7-14,16,19,21,23-24,26-28,38-40,44H,15,17-18,20H2,1-6H3,(H,36,42). The van der Waals surface area contributed by atoms with Crippen molar-refractivity contribution in [3.05, 3.63) is 78.6 Å². The maximum atomic E-state index is 12.8. The van der Waals surface area contributed by atoms with E-state index >= 15 is 0 Å². The number of cyclic esters (lactones) is 1. The van der Waals surface area contributed by atoms with Crippen molar-refractivity contribution in [2.24, 2.45) is 17.3 Å². The molecule has 1 aromatic heterocycles. The van der Waals surface area contributed by atoms with Gasteiger partial charge in [-0.2, -0.15) is 0 Å². The Bertz CT molecular complexity index is 1380. The Labute approximate surface area is 269 Å². The molecule has 2 aliphatic heterocycles. The van der Waals surface area contributed by atoms with E-state index in [4.69, 9.17) is 9.15 Å². The van der Waals surface area contributed by atoms with Crippen molar-refractivity contribution in [1.82, 2.24) is 15.2 Å². The Balaban J connectivity index is 1.47. The third-order valence-electron chi connectivity index (χ3n) is 9.23. The number of aliphatic hydroxyl groups excluding tert-OH is 3. The van der Waals surface area contributed by atoms with Crippen LogP contribution in [-0.2, 0) is 25.5 Å². The van der Waals surface area contributed by atoms with Crippen molar-refractivity contribution in [3.8, 4) is 0 Å². The van der Waals surface area contributed by atoms with E-state index < -0.39 is 65.2 Å². The van der Waals surface area contributed by atoms with Crippen LogP contribution in [0, 0.1) is 17.3 Å². The van der Waals surface area contributed by atoms with Crippen molar-refractivity contribution in [2.75, 3.05) is 20.2 Å². The van der Waals surface area contributed by atoms with Crippen molar-refractivity contribution in [2.45, 2.75) is 76.9 Å². The lowest BCUT2D eigenvalue weighted by molar-refractivity contribution is -0.156. The minimum Gasteiger partial charge on any atom is -0.457 e. The zero-order valence-electron chi connectivity index (χ0n) is 27.3. The number of hydrogen-bond donors (Lipinski definition) is 5. The quantitative estimate of drug-likeness (QED) is 0.140. The molecule has 2 fully saturated rings. The van der Waals surface area contributed by atoms with E-state index in [1.54, 1.807) is 64.3 Å². The summed E-state index contributed by atoms with van der Waals surface area (Å²) < 4.78 is 10.6. The van der Waals surface area contributed by atoms with Gasteiger partial charge >= 0.3 is 5.97 Å². The van der Waals surface area contributed by atoms with Gasteiger partial charge in [0.25, 0.3) is 0 Å². The highest BCUT2D eigenvalue weighted by molar-refractivity contribution is 5.98. The minimum atomic E-state index is -1.94. The zero-order valence-corrected chi connectivity index (χ0v) is 27.3. The van der Waals surface area contributed by atoms with Gasteiger partial charge in [0, 0.05) is 20.0 Å². The summed E-state index contributed by atoms with van der Waals surface area (Å²) in [5, 5.41) is 45.9. The van der Waals surface area contributed by atoms with Crippen LogP contribution < -0.4 is 5.32 Å². The van der Waals surface area contributed by atoms with Gasteiger partial charge in [0.1, 0.15) is 17.5 Å². The van der Waals surface area contributed by atoms with Gasteiger partial charge in [0.2, 0.25) is 11.8 Å². The summed E-state index contributed by atoms with van der Waals surface area (Å²) in [5.41, 5.74) is -4.29. The van der Waals surface area contributed by atoms with Crippen molar-refractivity contribution < 1.29 is 44.0 Å². The fourth-order valence-electron chi connectivity index (χ4n) is 6.01. The molecule has 0 bridgehead atoms. The fourth-order valence-corrected chi connectivity index (χ4v) is 6.01. The maximum absolute atomic E-state index is 12.8. The van der Waals surface area contributed by atoms with Gasteiger partial charge in [-0.3, -0.25) is 9.59 Å². The smallest absolute Gasteiger partial charge is 0.338 e. The van der Waals surface area contributed by atoms with E-state index in [2.05, 4.69) is 10.3 Å². The van der Waals surface area contributed by atoms with E-state index in [-0.39, 0.29) is 18.9 Å². The number of allylic oxidation sites excluding steroid dienone is 7. The number of nitrogens with one attached hydrogen (secondary N) is 1. The first-order valence-corrected chi connectivity index (χ1v) is 15.3. The number of aromatic nitrogens is 1. The number of nitrogens with zero attached hydrogens (tertiary/aromatic N) is 2. The number of likely N-dealkylation sites (N-methyl/N-ethyl adjacent to an activating group) is 1. The predicted octanol–water partition coefficient (Wildman–Crippen LogP) is 1.77. The molecule has 0 saturated carbocycles. The summed E-state index contributed by atoms with van der Waals surface area (Å²) in [6.45, 7) is 7.71. The number of rotatable bonds is 15. The van der Waals surface area contributed by atoms with E-state index in [1.807, 2.05) is 18.2 Å². The monoisotopic (exact) mass is 641 g/mol. The van der Waals surface area contributed by atoms with Crippen LogP contribution >= 0.6 is 0 Å². The lowest BCUT2D eigenvalue weighted by atomic mass is 9.72. The summed E-state index contributed by atoms with van der Waals surface area (Å²) in [6.07, 6.45) is 16.2. The maximum Gasteiger partial charge on any atom is 0.338 e. The fraction of sp³-hybridized carbons (Fsp3) is 0.529. The SMILES string of the molecule is CC(=CC=CC=CCc1cnco1)C(O)C(C)(C)C(=O)NCC=CC=CC(O)C(C)CC1OC(=O)C2(CO)N(C)C(=O)C(C)C12O. The van der Waals surface area contributed by atoms with Gasteiger partial charge in [0.05, 0.1) is 36.3 Å². The molecule has 2 amide bonds. The highest BCUT2D eigenvalue weighted by Gasteiger charge is 2.77. The van der Waals surface area contributed by atoms with Crippen LogP contribution in [0.2, 0.25) is 0 Å². The van der Waals surface area contributed by atoms with Gasteiger partial charge in [0.15, 0.2) is 11.9 Å². The number of carbonyl (C=O) groups is 3. The summed E-state index contributed by atoms with van der Waals surface area (Å²) in [7, 11) is 1.36. The first-order valence-electron chi connectivity index (χ1n) is 15.3. The summed E-state index contributed by atoms with van der Waals surface area (Å²) >= 11 is 0. The number of carbonyl (C=O) groups excluding carboxylic acids is 3. The molecule has 2 saturated heterocycles. The third-order valence-corrected chi connectivity index (χ3v) is 9.23. The first-order chi connectivity index (χ1) is 21.7. The van der Waals surface area contributed by atoms with E-state index in [0.717, 1.165) is 10.7 Å². The minimum absolute atomic E-state index is 0.0577. The molecule has 7 atom stereocenters. The van der Waals surface area contributed by atoms with Crippen LogP contribution in [0.1, 0.15) is 46.8 Å². The van der Waals surface area contributed by atoms with Crippen LogP contribution in [0.4, 0.5) is 0 Å². The van der Waals surface area contributed by atoms with Crippen molar-refractivity contribution in [1.29, 1.82) is 0 Å². The molecule has 5 N–H and O–H groups in total. The Kier molecular flexibility index (Phi) is 12.1. The molecule has 12 nitrogen and oxygen atoms in total. The second kappa shape index (κ2) is 15.2. The van der Waals surface area contributed by atoms with Crippen molar-refractivity contribution in [3.63, 3.8) is 0 Å². The van der Waals surface area contributed by atoms with Gasteiger partial charge in [-0.15, -0.1) is 0 Å². The molecular formula is C34H47N3O9. The molecule has 1 aromatic rings. The molecule has 7 unspecified atom stereocenters. The van der Waals surface area contributed by atoms with Crippen LogP contribution in [0.25, 0.3) is 0 Å². The summed E-state index contributed by atoms with van der Waals surface area (Å²) in [4.78, 5) is 43.1. The molecule has 46 heavy (non-hydrogen) atoms. The predicted molar refractivity (Wildman–Crippen MR) is 170 cm³/mol. The van der Waals surface area contributed by atoms with Gasteiger partial charge in [-0.25, -0.2) is 9.78 Å². The molecule has 3 rings (SSSR count). The summed E-state index contributed by atoms with van der Waals surface area (Å²) in [5.74, 6) is -2.37. The molecule has 0 aromatic carbocycles. The van der Waals surface area contributed by atoms with Gasteiger partial charge < -0.3 is 39.8 Å². The van der Waals surface area contributed by atoms with Crippen LogP contribution in [0.3, 0.4) is 0 Å². The zero-order chi connectivity index (χ0) is 34.3. The molecule has 0 aliphatic carbocycles. The topological polar surface area (TPSA) is 183 Å². The molecule has 0 radical (unpaired) electrons.